The van der Waals surface area contributed by atoms with E-state index >= 15 is 0 Å². The maximum atomic E-state index is 12.1. The van der Waals surface area contributed by atoms with Gasteiger partial charge in [-0.25, -0.2) is 13.1 Å². The van der Waals surface area contributed by atoms with Crippen LogP contribution in [0.5, 0.6) is 0 Å². The van der Waals surface area contributed by atoms with Gasteiger partial charge in [0.15, 0.2) is 0 Å². The molecule has 0 bridgehead atoms. The molecule has 150 valence electrons. The standard InChI is InChI=1S/C19H20Cl2N2O4S/c1-27-11-10-23-28(25,26)16-6-2-15(3-7-16)13-22-19(24)9-5-14-4-8-17(20)18(21)12-14/h2-9,12,23H,10-11,13H2,1H3,(H,22,24)/b9-5+. The molecule has 0 unspecified atom stereocenters. The fourth-order valence-electron chi connectivity index (χ4n) is 2.18. The minimum Gasteiger partial charge on any atom is -0.383 e. The molecular weight excluding hydrogens is 423 g/mol. The number of benzene rings is 2. The number of ether oxygens (including phenoxy) is 1. The third kappa shape index (κ3) is 6.92. The van der Waals surface area contributed by atoms with Crippen LogP contribution in [0.3, 0.4) is 0 Å². The number of methoxy groups -OCH3 is 1. The average Bonchev–Trinajstić information content (AvgIpc) is 2.67. The summed E-state index contributed by atoms with van der Waals surface area (Å²) in [5.41, 5.74) is 1.52. The summed E-state index contributed by atoms with van der Waals surface area (Å²) in [6.07, 6.45) is 3.01. The Morgan fingerprint density at radius 3 is 2.46 bits per heavy atom. The van der Waals surface area contributed by atoms with Crippen molar-refractivity contribution < 1.29 is 17.9 Å². The van der Waals surface area contributed by atoms with E-state index in [-0.39, 0.29) is 23.9 Å². The molecule has 2 aromatic rings. The molecule has 2 aromatic carbocycles. The normalized spacial score (nSPS) is 11.7. The second-order valence-electron chi connectivity index (χ2n) is 5.76. The molecule has 9 heteroatoms. The molecule has 0 aliphatic carbocycles. The topological polar surface area (TPSA) is 84.5 Å². The molecule has 1 amide bonds. The number of halogens is 2. The summed E-state index contributed by atoms with van der Waals surface area (Å²) < 4.78 is 31.4. The minimum atomic E-state index is -3.58. The third-order valence-corrected chi connectivity index (χ3v) is 5.89. The number of carbonyl (C=O) groups excluding carboxylic acids is 1. The molecule has 0 atom stereocenters. The summed E-state index contributed by atoms with van der Waals surface area (Å²) in [6.45, 7) is 0.753. The number of hydrogen-bond donors (Lipinski definition) is 2. The Hall–Kier alpha value is -1.90. The molecule has 0 heterocycles. The summed E-state index contributed by atoms with van der Waals surface area (Å²) >= 11 is 11.8. The molecule has 6 nitrogen and oxygen atoms in total. The van der Waals surface area contributed by atoms with E-state index in [1.54, 1.807) is 36.4 Å². The van der Waals surface area contributed by atoms with Crippen molar-refractivity contribution in [3.8, 4) is 0 Å². The lowest BCUT2D eigenvalue weighted by Crippen LogP contribution is -2.27. The SMILES string of the molecule is COCCNS(=O)(=O)c1ccc(CNC(=O)/C=C/c2ccc(Cl)c(Cl)c2)cc1. The molecule has 2 rings (SSSR count). The van der Waals surface area contributed by atoms with Gasteiger partial charge in [0.05, 0.1) is 21.5 Å². The first-order chi connectivity index (χ1) is 13.3. The van der Waals surface area contributed by atoms with Crippen molar-refractivity contribution in [1.82, 2.24) is 10.0 Å². The average molecular weight is 443 g/mol. The van der Waals surface area contributed by atoms with Gasteiger partial charge in [0.2, 0.25) is 15.9 Å². The van der Waals surface area contributed by atoms with E-state index in [4.69, 9.17) is 27.9 Å². The van der Waals surface area contributed by atoms with E-state index in [1.807, 2.05) is 0 Å². The van der Waals surface area contributed by atoms with E-state index in [0.29, 0.717) is 16.7 Å². The van der Waals surface area contributed by atoms with E-state index in [0.717, 1.165) is 11.1 Å². The molecule has 28 heavy (non-hydrogen) atoms. The highest BCUT2D eigenvalue weighted by Crippen LogP contribution is 2.23. The summed E-state index contributed by atoms with van der Waals surface area (Å²) in [4.78, 5) is 12.1. The zero-order valence-corrected chi connectivity index (χ0v) is 17.4. The summed E-state index contributed by atoms with van der Waals surface area (Å²) in [7, 11) is -2.08. The van der Waals surface area contributed by atoms with Crippen LogP contribution >= 0.6 is 23.2 Å². The summed E-state index contributed by atoms with van der Waals surface area (Å²) in [6, 6.07) is 11.3. The zero-order chi connectivity index (χ0) is 20.6. The molecule has 0 aliphatic heterocycles. The first-order valence-corrected chi connectivity index (χ1v) is 10.5. The fraction of sp³-hybridized carbons (Fsp3) is 0.211. The highest BCUT2D eigenvalue weighted by molar-refractivity contribution is 7.89. The van der Waals surface area contributed by atoms with Crippen LogP contribution in [-0.2, 0) is 26.1 Å². The molecule has 0 aliphatic rings. The maximum Gasteiger partial charge on any atom is 0.244 e. The molecule has 0 fully saturated rings. The third-order valence-electron chi connectivity index (χ3n) is 3.67. The Kier molecular flexibility index (Phi) is 8.47. The van der Waals surface area contributed by atoms with Gasteiger partial charge in [-0.15, -0.1) is 0 Å². The zero-order valence-electron chi connectivity index (χ0n) is 15.1. The fourth-order valence-corrected chi connectivity index (χ4v) is 3.50. The van der Waals surface area contributed by atoms with Crippen molar-refractivity contribution in [3.63, 3.8) is 0 Å². The van der Waals surface area contributed by atoms with E-state index in [9.17, 15) is 13.2 Å². The summed E-state index contributed by atoms with van der Waals surface area (Å²) in [5, 5.41) is 3.59. The van der Waals surface area contributed by atoms with Gasteiger partial charge in [-0.3, -0.25) is 4.79 Å². The second kappa shape index (κ2) is 10.6. The highest BCUT2D eigenvalue weighted by Gasteiger charge is 2.12. The van der Waals surface area contributed by atoms with Gasteiger partial charge in [-0.05, 0) is 41.5 Å². The number of sulfonamides is 1. The Balaban J connectivity index is 1.89. The monoisotopic (exact) mass is 442 g/mol. The van der Waals surface area contributed by atoms with Gasteiger partial charge in [-0.1, -0.05) is 41.4 Å². The van der Waals surface area contributed by atoms with Gasteiger partial charge in [0.25, 0.3) is 0 Å². The van der Waals surface area contributed by atoms with Crippen molar-refractivity contribution in [3.05, 3.63) is 69.7 Å². The van der Waals surface area contributed by atoms with Crippen molar-refractivity contribution in [2.75, 3.05) is 20.3 Å². The van der Waals surface area contributed by atoms with Gasteiger partial charge in [0, 0.05) is 26.3 Å². The quantitative estimate of drug-likeness (QED) is 0.461. The highest BCUT2D eigenvalue weighted by atomic mass is 35.5. The van der Waals surface area contributed by atoms with Crippen LogP contribution in [-0.4, -0.2) is 34.6 Å². The van der Waals surface area contributed by atoms with Crippen LogP contribution in [0.15, 0.2) is 53.4 Å². The predicted octanol–water partition coefficient (Wildman–Crippen LogP) is 3.25. The number of nitrogens with one attached hydrogen (secondary N) is 2. The number of hydrogen-bond acceptors (Lipinski definition) is 4. The molecular formula is C19H20Cl2N2O4S. The smallest absolute Gasteiger partial charge is 0.244 e. The van der Waals surface area contributed by atoms with E-state index < -0.39 is 10.0 Å². The summed E-state index contributed by atoms with van der Waals surface area (Å²) in [5.74, 6) is -0.288. The van der Waals surface area contributed by atoms with Crippen LogP contribution < -0.4 is 10.0 Å². The van der Waals surface area contributed by atoms with E-state index in [2.05, 4.69) is 10.0 Å². The van der Waals surface area contributed by atoms with Crippen LogP contribution in [0.2, 0.25) is 10.0 Å². The Labute approximate surface area is 174 Å². The molecule has 0 saturated carbocycles. The lowest BCUT2D eigenvalue weighted by Gasteiger charge is -2.08. The number of carbonyl (C=O) groups is 1. The largest absolute Gasteiger partial charge is 0.383 e. The Bertz CT molecular complexity index is 945. The number of rotatable bonds is 9. The van der Waals surface area contributed by atoms with Crippen molar-refractivity contribution >= 4 is 45.2 Å². The van der Waals surface area contributed by atoms with Crippen LogP contribution in [0.4, 0.5) is 0 Å². The Morgan fingerprint density at radius 2 is 1.82 bits per heavy atom. The first-order valence-electron chi connectivity index (χ1n) is 8.30. The van der Waals surface area contributed by atoms with Crippen molar-refractivity contribution in [1.29, 1.82) is 0 Å². The first kappa shape index (κ1) is 22.4. The second-order valence-corrected chi connectivity index (χ2v) is 8.34. The van der Waals surface area contributed by atoms with Crippen molar-refractivity contribution in [2.45, 2.75) is 11.4 Å². The van der Waals surface area contributed by atoms with Crippen molar-refractivity contribution in [2.24, 2.45) is 0 Å². The van der Waals surface area contributed by atoms with Gasteiger partial charge < -0.3 is 10.1 Å². The van der Waals surface area contributed by atoms with E-state index in [1.165, 1.54) is 25.3 Å². The van der Waals surface area contributed by atoms with Crippen LogP contribution in [0.1, 0.15) is 11.1 Å². The number of amides is 1. The molecule has 2 N–H and O–H groups in total. The van der Waals surface area contributed by atoms with Crippen LogP contribution in [0, 0.1) is 0 Å². The molecule has 0 saturated heterocycles. The minimum absolute atomic E-state index is 0.151. The van der Waals surface area contributed by atoms with Crippen LogP contribution in [0.25, 0.3) is 6.08 Å². The van der Waals surface area contributed by atoms with Gasteiger partial charge in [-0.2, -0.15) is 0 Å². The lowest BCUT2D eigenvalue weighted by atomic mass is 10.2. The maximum absolute atomic E-state index is 12.1. The Morgan fingerprint density at radius 1 is 1.11 bits per heavy atom. The molecule has 0 radical (unpaired) electrons. The predicted molar refractivity (Wildman–Crippen MR) is 111 cm³/mol. The van der Waals surface area contributed by atoms with Gasteiger partial charge in [0.1, 0.15) is 0 Å². The van der Waals surface area contributed by atoms with Gasteiger partial charge >= 0.3 is 0 Å². The molecule has 0 spiro atoms. The molecule has 0 aromatic heterocycles. The lowest BCUT2D eigenvalue weighted by molar-refractivity contribution is -0.116.